The molecule has 0 bridgehead atoms. The number of carbonyl (C=O) groups is 1. The van der Waals surface area contributed by atoms with Gasteiger partial charge in [0.15, 0.2) is 0 Å². The Kier molecular flexibility index (Phi) is 3.83. The number of hydrogen-bond acceptors (Lipinski definition) is 6. The van der Waals surface area contributed by atoms with Gasteiger partial charge in [0.05, 0.1) is 17.4 Å². The van der Waals surface area contributed by atoms with E-state index >= 15 is 0 Å². The standard InChI is InChI=1S/C11H13N5OS/c1-3-13-9-6-12-5-4-8(9)10(17)14-11-16-15-7(2)18-11/h4-6,13H,3H2,1-2H3,(H,14,16,17). The Balaban J connectivity index is 2.18. The molecular weight excluding hydrogens is 250 g/mol. The van der Waals surface area contributed by atoms with Crippen molar-refractivity contribution in [3.63, 3.8) is 0 Å². The van der Waals surface area contributed by atoms with Crippen molar-refractivity contribution >= 4 is 28.1 Å². The summed E-state index contributed by atoms with van der Waals surface area (Å²) in [6.07, 6.45) is 3.21. The molecule has 0 aromatic carbocycles. The highest BCUT2D eigenvalue weighted by molar-refractivity contribution is 7.15. The van der Waals surface area contributed by atoms with Crippen molar-refractivity contribution < 1.29 is 4.79 Å². The van der Waals surface area contributed by atoms with Gasteiger partial charge in [-0.25, -0.2) is 0 Å². The summed E-state index contributed by atoms with van der Waals surface area (Å²) in [5.74, 6) is -0.218. The number of nitrogens with zero attached hydrogens (tertiary/aromatic N) is 3. The van der Waals surface area contributed by atoms with E-state index in [0.717, 1.165) is 11.6 Å². The highest BCUT2D eigenvalue weighted by atomic mass is 32.1. The molecule has 6 nitrogen and oxygen atoms in total. The lowest BCUT2D eigenvalue weighted by molar-refractivity contribution is 0.102. The van der Waals surface area contributed by atoms with Crippen molar-refractivity contribution in [1.82, 2.24) is 15.2 Å². The minimum atomic E-state index is -0.218. The maximum Gasteiger partial charge on any atom is 0.259 e. The summed E-state index contributed by atoms with van der Waals surface area (Å²) < 4.78 is 0. The van der Waals surface area contributed by atoms with Crippen LogP contribution in [0.25, 0.3) is 0 Å². The Morgan fingerprint density at radius 2 is 2.28 bits per heavy atom. The molecule has 0 radical (unpaired) electrons. The number of carbonyl (C=O) groups excluding carboxylic acids is 1. The molecule has 0 aliphatic rings. The number of hydrogen-bond donors (Lipinski definition) is 2. The van der Waals surface area contributed by atoms with Crippen LogP contribution in [-0.2, 0) is 0 Å². The van der Waals surface area contributed by atoms with Gasteiger partial charge in [-0.05, 0) is 19.9 Å². The summed E-state index contributed by atoms with van der Waals surface area (Å²) in [4.78, 5) is 16.1. The van der Waals surface area contributed by atoms with Crippen LogP contribution in [0.3, 0.4) is 0 Å². The van der Waals surface area contributed by atoms with Gasteiger partial charge in [-0.15, -0.1) is 10.2 Å². The van der Waals surface area contributed by atoms with Crippen LogP contribution < -0.4 is 10.6 Å². The van der Waals surface area contributed by atoms with E-state index in [1.807, 2.05) is 13.8 Å². The molecule has 0 aliphatic heterocycles. The third-order valence-corrected chi connectivity index (χ3v) is 2.93. The van der Waals surface area contributed by atoms with Crippen molar-refractivity contribution in [2.75, 3.05) is 17.2 Å². The number of anilines is 2. The van der Waals surface area contributed by atoms with Crippen LogP contribution in [0.5, 0.6) is 0 Å². The SMILES string of the molecule is CCNc1cnccc1C(=O)Nc1nnc(C)s1. The number of nitrogens with one attached hydrogen (secondary N) is 2. The molecule has 18 heavy (non-hydrogen) atoms. The van der Waals surface area contributed by atoms with Crippen molar-refractivity contribution in [2.45, 2.75) is 13.8 Å². The molecule has 2 aromatic rings. The van der Waals surface area contributed by atoms with Crippen molar-refractivity contribution in [3.05, 3.63) is 29.0 Å². The smallest absolute Gasteiger partial charge is 0.259 e. The summed E-state index contributed by atoms with van der Waals surface area (Å²) in [7, 11) is 0. The number of aromatic nitrogens is 3. The van der Waals surface area contributed by atoms with Crippen LogP contribution in [0.2, 0.25) is 0 Å². The first kappa shape index (κ1) is 12.4. The van der Waals surface area contributed by atoms with Gasteiger partial charge in [0.1, 0.15) is 5.01 Å². The molecule has 94 valence electrons. The number of pyridine rings is 1. The van der Waals surface area contributed by atoms with E-state index in [9.17, 15) is 4.79 Å². The van der Waals surface area contributed by atoms with E-state index in [4.69, 9.17) is 0 Å². The van der Waals surface area contributed by atoms with Crippen LogP contribution in [0.4, 0.5) is 10.8 Å². The first-order valence-corrected chi connectivity index (χ1v) is 6.31. The largest absolute Gasteiger partial charge is 0.383 e. The first-order chi connectivity index (χ1) is 8.70. The molecule has 2 aromatic heterocycles. The summed E-state index contributed by atoms with van der Waals surface area (Å²) in [5.41, 5.74) is 1.25. The maximum atomic E-state index is 12.1. The normalized spacial score (nSPS) is 10.1. The fourth-order valence-electron chi connectivity index (χ4n) is 1.44. The minimum absolute atomic E-state index is 0.218. The van der Waals surface area contributed by atoms with E-state index in [0.29, 0.717) is 16.4 Å². The van der Waals surface area contributed by atoms with Gasteiger partial charge in [0.2, 0.25) is 5.13 Å². The molecule has 0 unspecified atom stereocenters. The molecule has 7 heteroatoms. The highest BCUT2D eigenvalue weighted by Crippen LogP contribution is 2.18. The molecule has 2 rings (SSSR count). The van der Waals surface area contributed by atoms with Gasteiger partial charge in [0.25, 0.3) is 5.91 Å². The molecule has 0 fully saturated rings. The lowest BCUT2D eigenvalue weighted by Gasteiger charge is -2.08. The van der Waals surface area contributed by atoms with E-state index in [1.165, 1.54) is 11.3 Å². The molecule has 1 amide bonds. The second-order valence-corrected chi connectivity index (χ2v) is 4.71. The Morgan fingerprint density at radius 1 is 1.44 bits per heavy atom. The zero-order chi connectivity index (χ0) is 13.0. The second-order valence-electron chi connectivity index (χ2n) is 3.53. The van der Waals surface area contributed by atoms with Crippen LogP contribution in [0.1, 0.15) is 22.3 Å². The van der Waals surface area contributed by atoms with Gasteiger partial charge >= 0.3 is 0 Å². The summed E-state index contributed by atoms with van der Waals surface area (Å²) in [6, 6.07) is 1.67. The Labute approximate surface area is 108 Å². The Hall–Kier alpha value is -2.02. The van der Waals surface area contributed by atoms with Gasteiger partial charge in [-0.1, -0.05) is 11.3 Å². The molecule has 0 aliphatic carbocycles. The maximum absolute atomic E-state index is 12.1. The summed E-state index contributed by atoms with van der Waals surface area (Å²) in [6.45, 7) is 4.52. The van der Waals surface area contributed by atoms with E-state index < -0.39 is 0 Å². The minimum Gasteiger partial charge on any atom is -0.383 e. The molecule has 0 atom stereocenters. The van der Waals surface area contributed by atoms with E-state index in [2.05, 4.69) is 25.8 Å². The monoisotopic (exact) mass is 263 g/mol. The average Bonchev–Trinajstić information content (AvgIpc) is 2.76. The topological polar surface area (TPSA) is 79.8 Å². The number of rotatable bonds is 4. The molecular formula is C11H13N5OS. The van der Waals surface area contributed by atoms with E-state index in [1.54, 1.807) is 18.5 Å². The van der Waals surface area contributed by atoms with Gasteiger partial charge < -0.3 is 5.32 Å². The summed E-state index contributed by atoms with van der Waals surface area (Å²) in [5, 5.41) is 14.8. The lowest BCUT2D eigenvalue weighted by atomic mass is 10.2. The van der Waals surface area contributed by atoms with Crippen LogP contribution in [0, 0.1) is 6.92 Å². The zero-order valence-corrected chi connectivity index (χ0v) is 10.9. The lowest BCUT2D eigenvalue weighted by Crippen LogP contribution is -2.14. The molecule has 0 saturated carbocycles. The zero-order valence-electron chi connectivity index (χ0n) is 10.1. The Morgan fingerprint density at radius 3 is 2.94 bits per heavy atom. The van der Waals surface area contributed by atoms with Crippen molar-refractivity contribution in [3.8, 4) is 0 Å². The van der Waals surface area contributed by atoms with Crippen molar-refractivity contribution in [2.24, 2.45) is 0 Å². The molecule has 0 saturated heterocycles. The van der Waals surface area contributed by atoms with E-state index in [-0.39, 0.29) is 5.91 Å². The molecule has 2 heterocycles. The molecule has 2 N–H and O–H groups in total. The fraction of sp³-hybridized carbons (Fsp3) is 0.273. The van der Waals surface area contributed by atoms with Gasteiger partial charge in [0, 0.05) is 12.7 Å². The average molecular weight is 263 g/mol. The number of amides is 1. The number of aryl methyl sites for hydroxylation is 1. The second kappa shape index (κ2) is 5.54. The predicted octanol–water partition coefficient (Wildman–Crippen LogP) is 1.93. The van der Waals surface area contributed by atoms with Gasteiger partial charge in [-0.2, -0.15) is 0 Å². The first-order valence-electron chi connectivity index (χ1n) is 5.50. The third-order valence-electron chi connectivity index (χ3n) is 2.18. The van der Waals surface area contributed by atoms with Crippen molar-refractivity contribution in [1.29, 1.82) is 0 Å². The predicted molar refractivity (Wildman–Crippen MR) is 71.0 cm³/mol. The third kappa shape index (κ3) is 2.80. The van der Waals surface area contributed by atoms with Crippen LogP contribution in [0.15, 0.2) is 18.5 Å². The molecule has 0 spiro atoms. The fourth-order valence-corrected chi connectivity index (χ4v) is 2.02. The quantitative estimate of drug-likeness (QED) is 0.881. The van der Waals surface area contributed by atoms with Crippen LogP contribution >= 0.6 is 11.3 Å². The summed E-state index contributed by atoms with van der Waals surface area (Å²) >= 11 is 1.34. The van der Waals surface area contributed by atoms with Gasteiger partial charge in [-0.3, -0.25) is 15.1 Å². The highest BCUT2D eigenvalue weighted by Gasteiger charge is 2.12. The Bertz CT molecular complexity index is 554. The van der Waals surface area contributed by atoms with Crippen LogP contribution in [-0.4, -0.2) is 27.6 Å².